The van der Waals surface area contributed by atoms with Crippen LogP contribution in [-0.4, -0.2) is 50.7 Å². The number of rotatable bonds is 8. The van der Waals surface area contributed by atoms with Gasteiger partial charge in [-0.1, -0.05) is 55.6 Å². The summed E-state index contributed by atoms with van der Waals surface area (Å²) in [6.07, 6.45) is 8.90. The second-order valence-corrected chi connectivity index (χ2v) is 9.50. The van der Waals surface area contributed by atoms with Crippen molar-refractivity contribution in [3.63, 3.8) is 0 Å². The first-order valence-corrected chi connectivity index (χ1v) is 12.3. The van der Waals surface area contributed by atoms with Gasteiger partial charge in [-0.3, -0.25) is 14.7 Å². The van der Waals surface area contributed by atoms with E-state index in [4.69, 9.17) is 0 Å². The Bertz CT molecular complexity index is 858. The molecule has 8 heteroatoms. The van der Waals surface area contributed by atoms with Gasteiger partial charge in [0, 0.05) is 31.1 Å². The fraction of sp³-hybridized carbons (Fsp3) is 0.565. The molecule has 0 atom stereocenters. The number of nitrogens with zero attached hydrogens (tertiary/aromatic N) is 3. The van der Waals surface area contributed by atoms with E-state index >= 15 is 0 Å². The number of thioether (sulfide) groups is 1. The molecule has 1 aromatic heterocycles. The van der Waals surface area contributed by atoms with E-state index in [9.17, 15) is 9.59 Å². The van der Waals surface area contributed by atoms with E-state index < -0.39 is 0 Å². The van der Waals surface area contributed by atoms with Crippen molar-refractivity contribution >= 4 is 29.3 Å². The van der Waals surface area contributed by atoms with Gasteiger partial charge < -0.3 is 10.2 Å². The number of aromatic amines is 1. The Morgan fingerprint density at radius 3 is 2.58 bits per heavy atom. The molecule has 2 fully saturated rings. The van der Waals surface area contributed by atoms with Crippen LogP contribution in [0.2, 0.25) is 0 Å². The maximum absolute atomic E-state index is 12.6. The summed E-state index contributed by atoms with van der Waals surface area (Å²) in [5.74, 6) is 2.17. The van der Waals surface area contributed by atoms with Gasteiger partial charge in [0.1, 0.15) is 5.82 Å². The molecule has 4 rings (SSSR count). The van der Waals surface area contributed by atoms with Crippen molar-refractivity contribution in [1.29, 1.82) is 0 Å². The minimum absolute atomic E-state index is 0.0403. The van der Waals surface area contributed by atoms with E-state index in [2.05, 4.69) is 20.5 Å². The van der Waals surface area contributed by atoms with Gasteiger partial charge >= 0.3 is 0 Å². The number of nitrogens with one attached hydrogen (secondary N) is 2. The van der Waals surface area contributed by atoms with Crippen LogP contribution < -0.4 is 5.32 Å². The van der Waals surface area contributed by atoms with Crippen LogP contribution in [0.25, 0.3) is 0 Å². The molecule has 0 unspecified atom stereocenters. The van der Waals surface area contributed by atoms with Gasteiger partial charge in [-0.15, -0.1) is 5.10 Å². The molecule has 1 aliphatic heterocycles. The lowest BCUT2D eigenvalue weighted by atomic mass is 9.96. The molecule has 7 nitrogen and oxygen atoms in total. The number of hydrogen-bond donors (Lipinski definition) is 2. The highest BCUT2D eigenvalue weighted by molar-refractivity contribution is 7.99. The Hall–Kier alpha value is -2.35. The van der Waals surface area contributed by atoms with Gasteiger partial charge in [0.25, 0.3) is 0 Å². The Morgan fingerprint density at radius 1 is 1.10 bits per heavy atom. The first kappa shape index (κ1) is 21.9. The third-order valence-electron chi connectivity index (χ3n) is 6.36. The van der Waals surface area contributed by atoms with Gasteiger partial charge in [0.05, 0.1) is 5.75 Å². The lowest BCUT2D eigenvalue weighted by Gasteiger charge is -2.31. The molecule has 2 heterocycles. The Kier molecular flexibility index (Phi) is 7.61. The van der Waals surface area contributed by atoms with Crippen LogP contribution >= 0.6 is 11.8 Å². The summed E-state index contributed by atoms with van der Waals surface area (Å²) in [6.45, 7) is 1.24. The second-order valence-electron chi connectivity index (χ2n) is 8.55. The van der Waals surface area contributed by atoms with Gasteiger partial charge in [-0.05, 0) is 37.3 Å². The quantitative estimate of drug-likeness (QED) is 0.607. The molecular weight excluding hydrogens is 410 g/mol. The van der Waals surface area contributed by atoms with Crippen molar-refractivity contribution in [2.75, 3.05) is 24.2 Å². The zero-order valence-electron chi connectivity index (χ0n) is 17.9. The van der Waals surface area contributed by atoms with Gasteiger partial charge in [-0.25, -0.2) is 4.98 Å². The number of benzene rings is 1. The van der Waals surface area contributed by atoms with E-state index in [0.717, 1.165) is 23.9 Å². The van der Waals surface area contributed by atoms with Crippen molar-refractivity contribution in [2.24, 2.45) is 11.8 Å². The maximum atomic E-state index is 12.6. The molecule has 0 radical (unpaired) electrons. The summed E-state index contributed by atoms with van der Waals surface area (Å²) in [4.78, 5) is 31.4. The summed E-state index contributed by atoms with van der Waals surface area (Å²) in [5, 5.41) is 10.9. The Balaban J connectivity index is 1.16. The molecule has 1 aliphatic carbocycles. The molecule has 1 saturated heterocycles. The minimum Gasteiger partial charge on any atom is -0.342 e. The number of piperidine rings is 1. The number of H-pyrrole nitrogens is 1. The summed E-state index contributed by atoms with van der Waals surface area (Å²) in [7, 11) is 0. The summed E-state index contributed by atoms with van der Waals surface area (Å²) in [6, 6.07) is 9.50. The average Bonchev–Trinajstić information content (AvgIpc) is 3.49. The number of aryl methyl sites for hydroxylation is 1. The highest BCUT2D eigenvalue weighted by Gasteiger charge is 2.27. The van der Waals surface area contributed by atoms with Crippen LogP contribution in [0, 0.1) is 11.8 Å². The van der Waals surface area contributed by atoms with Crippen LogP contribution in [0.5, 0.6) is 0 Å². The van der Waals surface area contributed by atoms with Crippen LogP contribution in [0.3, 0.4) is 0 Å². The zero-order chi connectivity index (χ0) is 21.5. The smallest absolute Gasteiger partial charge is 0.233 e. The molecule has 2 aliphatic rings. The summed E-state index contributed by atoms with van der Waals surface area (Å²) < 4.78 is 0. The van der Waals surface area contributed by atoms with Crippen LogP contribution in [0.1, 0.15) is 50.8 Å². The molecule has 2 aromatic rings. The van der Waals surface area contributed by atoms with Gasteiger partial charge in [-0.2, -0.15) is 0 Å². The number of likely N-dealkylation sites (tertiary alicyclic amines) is 1. The maximum Gasteiger partial charge on any atom is 0.233 e. The molecule has 2 amide bonds. The predicted octanol–water partition coefficient (Wildman–Crippen LogP) is 3.90. The monoisotopic (exact) mass is 441 g/mol. The molecule has 0 spiro atoms. The lowest BCUT2D eigenvalue weighted by molar-refractivity contribution is -0.132. The molecule has 166 valence electrons. The highest BCUT2D eigenvalue weighted by Crippen LogP contribution is 2.28. The molecule has 31 heavy (non-hydrogen) atoms. The van der Waals surface area contributed by atoms with E-state index in [1.165, 1.54) is 43.9 Å². The van der Waals surface area contributed by atoms with Gasteiger partial charge in [0.15, 0.2) is 0 Å². The number of aromatic nitrogens is 3. The number of para-hydroxylation sites is 1. The largest absolute Gasteiger partial charge is 0.342 e. The number of hydrogen-bond acceptors (Lipinski definition) is 5. The molecule has 0 bridgehead atoms. The minimum atomic E-state index is -0.0488. The van der Waals surface area contributed by atoms with Crippen LogP contribution in [-0.2, 0) is 16.0 Å². The topological polar surface area (TPSA) is 91.0 Å². The molecule has 1 aromatic carbocycles. The predicted molar refractivity (Wildman–Crippen MR) is 122 cm³/mol. The summed E-state index contributed by atoms with van der Waals surface area (Å²) in [5.41, 5.74) is 0.816. The fourth-order valence-electron chi connectivity index (χ4n) is 4.47. The highest BCUT2D eigenvalue weighted by atomic mass is 32.2. The van der Waals surface area contributed by atoms with E-state index in [0.29, 0.717) is 36.8 Å². The van der Waals surface area contributed by atoms with Crippen molar-refractivity contribution in [2.45, 2.75) is 56.5 Å². The SMILES string of the molecule is O=C(Nc1ccccc1)C1CCN(C(=O)CSc2n[nH]c(CCC3CCCC3)n2)CC1. The fourth-order valence-corrected chi connectivity index (χ4v) is 5.19. The molecule has 2 N–H and O–H groups in total. The Labute approximate surface area is 187 Å². The summed E-state index contributed by atoms with van der Waals surface area (Å²) >= 11 is 1.39. The zero-order valence-corrected chi connectivity index (χ0v) is 18.7. The lowest BCUT2D eigenvalue weighted by Crippen LogP contribution is -2.42. The second kappa shape index (κ2) is 10.8. The van der Waals surface area contributed by atoms with Crippen molar-refractivity contribution in [3.8, 4) is 0 Å². The Morgan fingerprint density at radius 2 is 1.84 bits per heavy atom. The van der Waals surface area contributed by atoms with E-state index in [-0.39, 0.29) is 17.7 Å². The third kappa shape index (κ3) is 6.32. The first-order valence-electron chi connectivity index (χ1n) is 11.3. The standard InChI is InChI=1S/C23H31N5O2S/c29-21(16-31-23-25-20(26-27-23)11-10-17-6-4-5-7-17)28-14-12-18(13-15-28)22(30)24-19-8-2-1-3-9-19/h1-3,8-9,17-18H,4-7,10-16H2,(H,24,30)(H,25,26,27). The van der Waals surface area contributed by atoms with E-state index in [1.54, 1.807) is 0 Å². The van der Waals surface area contributed by atoms with Crippen molar-refractivity contribution < 1.29 is 9.59 Å². The van der Waals surface area contributed by atoms with Crippen LogP contribution in [0.4, 0.5) is 5.69 Å². The number of carbonyl (C=O) groups is 2. The van der Waals surface area contributed by atoms with Crippen molar-refractivity contribution in [3.05, 3.63) is 36.2 Å². The number of carbonyl (C=O) groups excluding carboxylic acids is 2. The van der Waals surface area contributed by atoms with E-state index in [1.807, 2.05) is 35.2 Å². The number of amides is 2. The molecular formula is C23H31N5O2S. The van der Waals surface area contributed by atoms with Gasteiger partial charge in [0.2, 0.25) is 17.0 Å². The normalized spacial score (nSPS) is 17.7. The average molecular weight is 442 g/mol. The third-order valence-corrected chi connectivity index (χ3v) is 7.19. The first-order chi connectivity index (χ1) is 15.2. The van der Waals surface area contributed by atoms with Crippen LogP contribution in [0.15, 0.2) is 35.5 Å². The molecule has 1 saturated carbocycles. The number of anilines is 1. The van der Waals surface area contributed by atoms with Crippen molar-refractivity contribution in [1.82, 2.24) is 20.1 Å².